The number of nitrogens with zero attached hydrogens (tertiary/aromatic N) is 1. The van der Waals surface area contributed by atoms with Crippen LogP contribution in [0.25, 0.3) is 0 Å². The summed E-state index contributed by atoms with van der Waals surface area (Å²) in [5.74, 6) is -0.207. The van der Waals surface area contributed by atoms with Gasteiger partial charge in [-0.3, -0.25) is 10.0 Å². The maximum absolute atomic E-state index is 10.9. The second-order valence-corrected chi connectivity index (χ2v) is 2.81. The lowest BCUT2D eigenvalue weighted by Gasteiger charge is -2.10. The van der Waals surface area contributed by atoms with Crippen molar-refractivity contribution < 1.29 is 10.0 Å². The van der Waals surface area contributed by atoms with Gasteiger partial charge in [0.2, 0.25) is 0 Å². The summed E-state index contributed by atoms with van der Waals surface area (Å²) in [4.78, 5) is 10.9. The molecule has 2 rings (SSSR count). The number of carbonyl (C=O) groups is 1. The molecule has 1 aliphatic heterocycles. The summed E-state index contributed by atoms with van der Waals surface area (Å²) in [6.07, 6.45) is 6.08. The highest BCUT2D eigenvalue weighted by Gasteiger charge is 2.27. The van der Waals surface area contributed by atoms with E-state index in [4.69, 9.17) is 5.21 Å². The molecule has 0 aromatic heterocycles. The molecule has 1 N–H and O–H groups in total. The molecule has 58 valence electrons. The Hall–Kier alpha value is -1.09. The molecule has 0 saturated carbocycles. The highest BCUT2D eigenvalue weighted by Crippen LogP contribution is 2.29. The summed E-state index contributed by atoms with van der Waals surface area (Å²) in [5, 5.41) is 9.92. The van der Waals surface area contributed by atoms with E-state index in [9.17, 15) is 4.79 Å². The topological polar surface area (TPSA) is 40.5 Å². The van der Waals surface area contributed by atoms with E-state index in [1.54, 1.807) is 0 Å². The first-order valence-corrected chi connectivity index (χ1v) is 3.69. The van der Waals surface area contributed by atoms with E-state index < -0.39 is 0 Å². The summed E-state index contributed by atoms with van der Waals surface area (Å²) in [6, 6.07) is 0. The van der Waals surface area contributed by atoms with Crippen molar-refractivity contribution in [2.24, 2.45) is 0 Å². The predicted molar refractivity (Wildman–Crippen MR) is 38.6 cm³/mol. The van der Waals surface area contributed by atoms with Gasteiger partial charge in [-0.1, -0.05) is 6.08 Å². The molecule has 0 aromatic rings. The van der Waals surface area contributed by atoms with Crippen LogP contribution in [0.15, 0.2) is 23.4 Å². The number of hydroxylamine groups is 2. The Morgan fingerprint density at radius 1 is 1.55 bits per heavy atom. The molecule has 0 saturated heterocycles. The van der Waals surface area contributed by atoms with Crippen LogP contribution >= 0.6 is 0 Å². The summed E-state index contributed by atoms with van der Waals surface area (Å²) in [7, 11) is 0. The lowest BCUT2D eigenvalue weighted by atomic mass is 10.0. The molecule has 1 heterocycles. The molecule has 0 unspecified atom stereocenters. The minimum absolute atomic E-state index is 0.207. The van der Waals surface area contributed by atoms with E-state index in [-0.39, 0.29) is 5.91 Å². The van der Waals surface area contributed by atoms with Crippen LogP contribution in [0.3, 0.4) is 0 Å². The van der Waals surface area contributed by atoms with Crippen molar-refractivity contribution in [3.63, 3.8) is 0 Å². The number of carbonyl (C=O) groups excluding carboxylic acids is 1. The number of amides is 1. The van der Waals surface area contributed by atoms with Crippen LogP contribution < -0.4 is 0 Å². The standard InChI is InChI=1S/C8H9NO2/c10-8-5-6-3-1-2-4-7(6)9(8)11/h2,4,11H,1,3,5H2. The Kier molecular flexibility index (Phi) is 1.32. The van der Waals surface area contributed by atoms with Crippen LogP contribution in [0, 0.1) is 0 Å². The highest BCUT2D eigenvalue weighted by molar-refractivity contribution is 5.84. The van der Waals surface area contributed by atoms with Gasteiger partial charge in [-0.15, -0.1) is 0 Å². The molecular weight excluding hydrogens is 142 g/mol. The summed E-state index contributed by atoms with van der Waals surface area (Å²) in [6.45, 7) is 0. The van der Waals surface area contributed by atoms with E-state index >= 15 is 0 Å². The molecule has 0 spiro atoms. The molecule has 1 amide bonds. The van der Waals surface area contributed by atoms with Gasteiger partial charge in [-0.05, 0) is 24.5 Å². The SMILES string of the molecule is O=C1CC2=C(C=CCC2)N1O. The molecule has 0 aromatic carbocycles. The Balaban J connectivity index is 2.35. The Labute approximate surface area is 64.6 Å². The number of allylic oxidation sites excluding steroid dienone is 2. The fraction of sp³-hybridized carbons (Fsp3) is 0.375. The number of rotatable bonds is 0. The van der Waals surface area contributed by atoms with E-state index in [1.807, 2.05) is 12.2 Å². The van der Waals surface area contributed by atoms with Crippen molar-refractivity contribution in [3.05, 3.63) is 23.4 Å². The van der Waals surface area contributed by atoms with E-state index in [1.165, 1.54) is 0 Å². The third-order valence-corrected chi connectivity index (χ3v) is 2.08. The molecule has 3 heteroatoms. The Morgan fingerprint density at radius 2 is 2.36 bits per heavy atom. The quantitative estimate of drug-likeness (QED) is 0.528. The van der Waals surface area contributed by atoms with Gasteiger partial charge in [-0.25, -0.2) is 0 Å². The molecule has 0 bridgehead atoms. The zero-order valence-corrected chi connectivity index (χ0v) is 6.08. The minimum Gasteiger partial charge on any atom is -0.281 e. The van der Waals surface area contributed by atoms with Gasteiger partial charge in [-0.2, -0.15) is 5.06 Å². The molecular formula is C8H9NO2. The van der Waals surface area contributed by atoms with Gasteiger partial charge >= 0.3 is 0 Å². The second kappa shape index (κ2) is 2.20. The van der Waals surface area contributed by atoms with Crippen molar-refractivity contribution in [3.8, 4) is 0 Å². The smallest absolute Gasteiger partial charge is 0.254 e. The Morgan fingerprint density at radius 3 is 3.09 bits per heavy atom. The lowest BCUT2D eigenvalue weighted by Crippen LogP contribution is -2.19. The van der Waals surface area contributed by atoms with Gasteiger partial charge in [0.25, 0.3) is 5.91 Å². The van der Waals surface area contributed by atoms with Crippen LogP contribution in [-0.2, 0) is 4.79 Å². The molecule has 3 nitrogen and oxygen atoms in total. The monoisotopic (exact) mass is 151 g/mol. The van der Waals surface area contributed by atoms with Crippen molar-refractivity contribution in [1.82, 2.24) is 5.06 Å². The van der Waals surface area contributed by atoms with Gasteiger partial charge < -0.3 is 0 Å². The van der Waals surface area contributed by atoms with E-state index in [0.717, 1.165) is 23.5 Å². The first-order valence-electron chi connectivity index (χ1n) is 3.69. The molecule has 2 aliphatic rings. The molecule has 0 radical (unpaired) electrons. The van der Waals surface area contributed by atoms with Gasteiger partial charge in [0, 0.05) is 0 Å². The first-order chi connectivity index (χ1) is 5.29. The van der Waals surface area contributed by atoms with Gasteiger partial charge in [0.05, 0.1) is 12.1 Å². The minimum atomic E-state index is -0.207. The fourth-order valence-corrected chi connectivity index (χ4v) is 1.49. The maximum Gasteiger partial charge on any atom is 0.254 e. The van der Waals surface area contributed by atoms with Crippen molar-refractivity contribution in [1.29, 1.82) is 0 Å². The maximum atomic E-state index is 10.9. The summed E-state index contributed by atoms with van der Waals surface area (Å²) in [5.41, 5.74) is 1.77. The molecule has 0 fully saturated rings. The molecule has 11 heavy (non-hydrogen) atoms. The fourth-order valence-electron chi connectivity index (χ4n) is 1.49. The normalized spacial score (nSPS) is 23.0. The van der Waals surface area contributed by atoms with Crippen molar-refractivity contribution in [2.45, 2.75) is 19.3 Å². The van der Waals surface area contributed by atoms with Crippen LogP contribution in [0.1, 0.15) is 19.3 Å². The molecule has 0 atom stereocenters. The second-order valence-electron chi connectivity index (χ2n) is 2.81. The van der Waals surface area contributed by atoms with E-state index in [2.05, 4.69) is 0 Å². The molecule has 1 aliphatic carbocycles. The van der Waals surface area contributed by atoms with E-state index in [0.29, 0.717) is 12.1 Å². The highest BCUT2D eigenvalue weighted by atomic mass is 16.5. The average molecular weight is 151 g/mol. The summed E-state index contributed by atoms with van der Waals surface area (Å²) < 4.78 is 0. The van der Waals surface area contributed by atoms with Gasteiger partial charge in [0.15, 0.2) is 0 Å². The number of hydrogen-bond donors (Lipinski definition) is 1. The van der Waals surface area contributed by atoms with Crippen LogP contribution in [0.2, 0.25) is 0 Å². The predicted octanol–water partition coefficient (Wildman–Crippen LogP) is 1.21. The first kappa shape index (κ1) is 6.61. The van der Waals surface area contributed by atoms with Crippen molar-refractivity contribution >= 4 is 5.91 Å². The Bertz CT molecular complexity index is 265. The van der Waals surface area contributed by atoms with Crippen LogP contribution in [0.5, 0.6) is 0 Å². The zero-order chi connectivity index (χ0) is 7.84. The van der Waals surface area contributed by atoms with Crippen LogP contribution in [-0.4, -0.2) is 16.2 Å². The third-order valence-electron chi connectivity index (χ3n) is 2.08. The van der Waals surface area contributed by atoms with Crippen LogP contribution in [0.4, 0.5) is 0 Å². The average Bonchev–Trinajstić information content (AvgIpc) is 2.30. The van der Waals surface area contributed by atoms with Gasteiger partial charge in [0.1, 0.15) is 0 Å². The number of hydrogen-bond acceptors (Lipinski definition) is 2. The summed E-state index contributed by atoms with van der Waals surface area (Å²) >= 11 is 0. The largest absolute Gasteiger partial charge is 0.281 e. The lowest BCUT2D eigenvalue weighted by molar-refractivity contribution is -0.152. The van der Waals surface area contributed by atoms with Crippen molar-refractivity contribution in [2.75, 3.05) is 0 Å². The third kappa shape index (κ3) is 0.886. The zero-order valence-electron chi connectivity index (χ0n) is 6.08.